The van der Waals surface area contributed by atoms with Gasteiger partial charge in [-0.3, -0.25) is 9.59 Å². The van der Waals surface area contributed by atoms with Gasteiger partial charge < -0.3 is 10.2 Å². The predicted octanol–water partition coefficient (Wildman–Crippen LogP) is 2.61. The molecule has 1 aromatic carbocycles. The van der Waals surface area contributed by atoms with Gasteiger partial charge >= 0.3 is 0 Å². The smallest absolute Gasteiger partial charge is 0.227 e. The standard InChI is InChI=1S/C16H19ClN2O2/c1-10(11-5-6-11)18-16(21)12-7-15(20)19(9-12)14-4-2-3-13(17)8-14/h2-4,8,10-12H,5-7,9H2,1H3,(H,18,21). The monoisotopic (exact) mass is 306 g/mol. The van der Waals surface area contributed by atoms with Crippen molar-refractivity contribution in [3.05, 3.63) is 29.3 Å². The maximum atomic E-state index is 12.3. The molecule has 1 saturated carbocycles. The van der Waals surface area contributed by atoms with E-state index in [0.29, 0.717) is 17.5 Å². The van der Waals surface area contributed by atoms with Crippen LogP contribution in [0.4, 0.5) is 5.69 Å². The number of nitrogens with one attached hydrogen (secondary N) is 1. The fraction of sp³-hybridized carbons (Fsp3) is 0.500. The van der Waals surface area contributed by atoms with E-state index in [1.54, 1.807) is 17.0 Å². The number of anilines is 1. The zero-order valence-corrected chi connectivity index (χ0v) is 12.8. The van der Waals surface area contributed by atoms with Gasteiger partial charge in [-0.05, 0) is 43.9 Å². The van der Waals surface area contributed by atoms with E-state index in [4.69, 9.17) is 11.6 Å². The Hall–Kier alpha value is -1.55. The molecule has 5 heteroatoms. The summed E-state index contributed by atoms with van der Waals surface area (Å²) in [6, 6.07) is 7.40. The van der Waals surface area contributed by atoms with Crippen molar-refractivity contribution in [1.82, 2.24) is 5.32 Å². The number of hydrogen-bond donors (Lipinski definition) is 1. The van der Waals surface area contributed by atoms with Crippen molar-refractivity contribution in [2.75, 3.05) is 11.4 Å². The van der Waals surface area contributed by atoms with Gasteiger partial charge in [0.15, 0.2) is 0 Å². The van der Waals surface area contributed by atoms with Crippen LogP contribution in [-0.4, -0.2) is 24.4 Å². The first kappa shape index (κ1) is 14.4. The molecule has 1 aromatic rings. The molecule has 1 saturated heterocycles. The maximum Gasteiger partial charge on any atom is 0.227 e. The molecular formula is C16H19ClN2O2. The van der Waals surface area contributed by atoms with Crippen LogP contribution in [-0.2, 0) is 9.59 Å². The van der Waals surface area contributed by atoms with Gasteiger partial charge in [0, 0.05) is 29.7 Å². The molecule has 0 spiro atoms. The highest BCUT2D eigenvalue weighted by atomic mass is 35.5. The fourth-order valence-corrected chi connectivity index (χ4v) is 3.02. The van der Waals surface area contributed by atoms with Gasteiger partial charge in [0.25, 0.3) is 0 Å². The van der Waals surface area contributed by atoms with Crippen LogP contribution < -0.4 is 10.2 Å². The zero-order chi connectivity index (χ0) is 15.0. The lowest BCUT2D eigenvalue weighted by Gasteiger charge is -2.18. The van der Waals surface area contributed by atoms with Crippen molar-refractivity contribution < 1.29 is 9.59 Å². The molecule has 1 aliphatic carbocycles. The second kappa shape index (κ2) is 5.68. The van der Waals surface area contributed by atoms with E-state index in [-0.39, 0.29) is 30.2 Å². The molecule has 1 heterocycles. The summed E-state index contributed by atoms with van der Waals surface area (Å²) in [5.41, 5.74) is 0.762. The molecule has 2 aliphatic rings. The summed E-state index contributed by atoms with van der Waals surface area (Å²) in [4.78, 5) is 26.0. The van der Waals surface area contributed by atoms with E-state index in [0.717, 1.165) is 5.69 Å². The Morgan fingerprint density at radius 2 is 2.19 bits per heavy atom. The Balaban J connectivity index is 1.65. The van der Waals surface area contributed by atoms with Crippen LogP contribution in [0.15, 0.2) is 24.3 Å². The summed E-state index contributed by atoms with van der Waals surface area (Å²) in [7, 11) is 0. The van der Waals surface area contributed by atoms with E-state index in [1.807, 2.05) is 19.1 Å². The number of rotatable bonds is 4. The van der Waals surface area contributed by atoms with E-state index in [2.05, 4.69) is 5.32 Å². The second-order valence-corrected chi connectivity index (χ2v) is 6.46. The van der Waals surface area contributed by atoms with Gasteiger partial charge in [0.1, 0.15) is 0 Å². The molecule has 2 atom stereocenters. The lowest BCUT2D eigenvalue weighted by atomic mass is 10.1. The topological polar surface area (TPSA) is 49.4 Å². The SMILES string of the molecule is CC(NC(=O)C1CC(=O)N(c2cccc(Cl)c2)C1)C1CC1. The molecule has 1 N–H and O–H groups in total. The molecule has 0 aromatic heterocycles. The van der Waals surface area contributed by atoms with E-state index in [1.165, 1.54) is 12.8 Å². The molecule has 0 bridgehead atoms. The number of amides is 2. The highest BCUT2D eigenvalue weighted by molar-refractivity contribution is 6.30. The van der Waals surface area contributed by atoms with Crippen molar-refractivity contribution in [2.24, 2.45) is 11.8 Å². The molecule has 3 rings (SSSR count). The predicted molar refractivity (Wildman–Crippen MR) is 82.2 cm³/mol. The van der Waals surface area contributed by atoms with Crippen molar-refractivity contribution in [3.8, 4) is 0 Å². The van der Waals surface area contributed by atoms with Crippen LogP contribution in [0.5, 0.6) is 0 Å². The second-order valence-electron chi connectivity index (χ2n) is 6.02. The van der Waals surface area contributed by atoms with E-state index in [9.17, 15) is 9.59 Å². The average Bonchev–Trinajstić information content (AvgIpc) is 3.21. The minimum absolute atomic E-state index is 0.00715. The van der Waals surface area contributed by atoms with Gasteiger partial charge in [0.2, 0.25) is 11.8 Å². The largest absolute Gasteiger partial charge is 0.353 e. The third-order valence-corrected chi connectivity index (χ3v) is 4.55. The molecule has 112 valence electrons. The van der Waals surface area contributed by atoms with Gasteiger partial charge in [-0.2, -0.15) is 0 Å². The lowest BCUT2D eigenvalue weighted by Crippen LogP contribution is -2.39. The highest BCUT2D eigenvalue weighted by Crippen LogP contribution is 2.33. The third-order valence-electron chi connectivity index (χ3n) is 4.31. The quantitative estimate of drug-likeness (QED) is 0.929. The number of carbonyl (C=O) groups excluding carboxylic acids is 2. The Morgan fingerprint density at radius 1 is 1.43 bits per heavy atom. The Bertz CT molecular complexity index is 571. The van der Waals surface area contributed by atoms with E-state index >= 15 is 0 Å². The zero-order valence-electron chi connectivity index (χ0n) is 12.0. The molecule has 21 heavy (non-hydrogen) atoms. The first-order valence-corrected chi connectivity index (χ1v) is 7.78. The summed E-state index contributed by atoms with van der Waals surface area (Å²) >= 11 is 5.96. The first-order valence-electron chi connectivity index (χ1n) is 7.41. The molecule has 2 unspecified atom stereocenters. The van der Waals surface area contributed by atoms with Crippen LogP contribution in [0.25, 0.3) is 0 Å². The van der Waals surface area contributed by atoms with Gasteiger partial charge in [-0.15, -0.1) is 0 Å². The normalized spacial score (nSPS) is 23.2. The molecule has 0 radical (unpaired) electrons. The fourth-order valence-electron chi connectivity index (χ4n) is 2.83. The van der Waals surface area contributed by atoms with Crippen LogP contribution in [0, 0.1) is 11.8 Å². The molecule has 4 nitrogen and oxygen atoms in total. The third kappa shape index (κ3) is 3.21. The van der Waals surface area contributed by atoms with Crippen molar-refractivity contribution in [3.63, 3.8) is 0 Å². The van der Waals surface area contributed by atoms with E-state index < -0.39 is 0 Å². The molecule has 2 fully saturated rings. The average molecular weight is 307 g/mol. The molecule has 2 amide bonds. The minimum Gasteiger partial charge on any atom is -0.353 e. The molecule has 1 aliphatic heterocycles. The van der Waals surface area contributed by atoms with Gasteiger partial charge in [-0.1, -0.05) is 17.7 Å². The van der Waals surface area contributed by atoms with Crippen molar-refractivity contribution in [1.29, 1.82) is 0 Å². The van der Waals surface area contributed by atoms with Crippen LogP contribution in [0.3, 0.4) is 0 Å². The number of benzene rings is 1. The summed E-state index contributed by atoms with van der Waals surface area (Å²) in [6.07, 6.45) is 2.66. The summed E-state index contributed by atoms with van der Waals surface area (Å²) in [5, 5.41) is 3.64. The Morgan fingerprint density at radius 3 is 2.86 bits per heavy atom. The van der Waals surface area contributed by atoms with Crippen molar-refractivity contribution in [2.45, 2.75) is 32.2 Å². The number of halogens is 1. The number of nitrogens with zero attached hydrogens (tertiary/aromatic N) is 1. The lowest BCUT2D eigenvalue weighted by molar-refractivity contribution is -0.126. The highest BCUT2D eigenvalue weighted by Gasteiger charge is 2.37. The maximum absolute atomic E-state index is 12.3. The number of carbonyl (C=O) groups is 2. The Labute approximate surface area is 129 Å². The summed E-state index contributed by atoms with van der Waals surface area (Å²) in [6.45, 7) is 2.48. The van der Waals surface area contributed by atoms with Crippen LogP contribution >= 0.6 is 11.6 Å². The van der Waals surface area contributed by atoms with Crippen LogP contribution in [0.1, 0.15) is 26.2 Å². The van der Waals surface area contributed by atoms with Crippen LogP contribution in [0.2, 0.25) is 5.02 Å². The Kier molecular flexibility index (Phi) is 3.89. The summed E-state index contributed by atoms with van der Waals surface area (Å²) < 4.78 is 0. The first-order chi connectivity index (χ1) is 10.0. The summed E-state index contributed by atoms with van der Waals surface area (Å²) in [5.74, 6) is 0.330. The molecular weight excluding hydrogens is 288 g/mol. The van der Waals surface area contributed by atoms with Gasteiger partial charge in [0.05, 0.1) is 5.92 Å². The minimum atomic E-state index is -0.266. The van der Waals surface area contributed by atoms with Crippen molar-refractivity contribution >= 4 is 29.1 Å². The number of hydrogen-bond acceptors (Lipinski definition) is 2. The van der Waals surface area contributed by atoms with Gasteiger partial charge in [-0.25, -0.2) is 0 Å².